The molecule has 0 aliphatic carbocycles. The van der Waals surface area contributed by atoms with Crippen molar-refractivity contribution >= 4 is 34.1 Å². The Labute approximate surface area is 272 Å². The summed E-state index contributed by atoms with van der Waals surface area (Å²) in [5.74, 6) is 0. The zero-order valence-corrected chi connectivity index (χ0v) is 27.8. The van der Waals surface area contributed by atoms with Crippen LogP contribution in [0.25, 0.3) is 0 Å². The molecule has 0 unspecified atom stereocenters. The average Bonchev–Trinajstić information content (AvgIpc) is 3.09. The van der Waals surface area contributed by atoms with Gasteiger partial charge < -0.3 is 9.80 Å². The number of anilines is 6. The number of hydrogen-bond acceptors (Lipinski definition) is 2. The minimum absolute atomic E-state index is 1.13. The molecule has 0 bridgehead atoms. The van der Waals surface area contributed by atoms with Crippen LogP contribution in [0.4, 0.5) is 34.1 Å². The first-order chi connectivity index (χ1) is 22.1. The largest absolute Gasteiger partial charge is 0.311 e. The van der Waals surface area contributed by atoms with Gasteiger partial charge in [0, 0.05) is 34.1 Å². The number of unbranched alkanes of at least 4 members (excludes halogenated alkanes) is 3. The van der Waals surface area contributed by atoms with Crippen LogP contribution in [-0.2, 0) is 19.3 Å². The molecule has 0 N–H and O–H groups in total. The topological polar surface area (TPSA) is 6.48 Å². The molecule has 2 heteroatoms. The monoisotopic (exact) mass is 594 g/mol. The molecule has 5 rings (SSSR count). The molecule has 0 heterocycles. The third-order valence-electron chi connectivity index (χ3n) is 8.70. The predicted octanol–water partition coefficient (Wildman–Crippen LogP) is 13.0. The van der Waals surface area contributed by atoms with E-state index in [4.69, 9.17) is 0 Å². The van der Waals surface area contributed by atoms with Crippen LogP contribution < -0.4 is 9.80 Å². The number of nitrogens with zero attached hydrogens (tertiary/aromatic N) is 2. The SMILES string of the molecule is CCCCc1ccc(N(c2ccc(C)cc2)c2ccc(N(c3ccc(CCCC)cc3)c3ccc(CCCC)cc3)cc2)cc1. The minimum atomic E-state index is 1.13. The van der Waals surface area contributed by atoms with E-state index in [2.05, 4.69) is 159 Å². The van der Waals surface area contributed by atoms with E-state index in [1.165, 1.54) is 77.8 Å². The molecule has 0 aromatic heterocycles. The summed E-state index contributed by atoms with van der Waals surface area (Å²) in [6, 6.07) is 45.3. The van der Waals surface area contributed by atoms with Crippen molar-refractivity contribution in [3.05, 3.63) is 144 Å². The van der Waals surface area contributed by atoms with Gasteiger partial charge in [0.15, 0.2) is 0 Å². The van der Waals surface area contributed by atoms with Crippen molar-refractivity contribution in [2.75, 3.05) is 9.80 Å². The van der Waals surface area contributed by atoms with E-state index < -0.39 is 0 Å². The van der Waals surface area contributed by atoms with Crippen LogP contribution in [-0.4, -0.2) is 0 Å². The minimum Gasteiger partial charge on any atom is -0.311 e. The van der Waals surface area contributed by atoms with E-state index in [0.717, 1.165) is 36.3 Å². The summed E-state index contributed by atoms with van der Waals surface area (Å²) in [4.78, 5) is 4.75. The van der Waals surface area contributed by atoms with Gasteiger partial charge in [0.2, 0.25) is 0 Å². The molecule has 45 heavy (non-hydrogen) atoms. The highest BCUT2D eigenvalue weighted by atomic mass is 15.2. The Balaban J connectivity index is 1.50. The second-order valence-corrected chi connectivity index (χ2v) is 12.3. The smallest absolute Gasteiger partial charge is 0.0463 e. The van der Waals surface area contributed by atoms with Crippen molar-refractivity contribution in [2.24, 2.45) is 0 Å². The zero-order chi connectivity index (χ0) is 31.4. The molecule has 232 valence electrons. The third kappa shape index (κ3) is 8.45. The molecular weight excluding hydrogens is 544 g/mol. The van der Waals surface area contributed by atoms with Crippen molar-refractivity contribution in [1.29, 1.82) is 0 Å². The summed E-state index contributed by atoms with van der Waals surface area (Å²) in [5, 5.41) is 0. The van der Waals surface area contributed by atoms with E-state index in [9.17, 15) is 0 Å². The molecule has 0 spiro atoms. The summed E-state index contributed by atoms with van der Waals surface area (Å²) in [6.07, 6.45) is 10.7. The fourth-order valence-electron chi connectivity index (χ4n) is 5.92. The lowest BCUT2D eigenvalue weighted by atomic mass is 10.1. The molecule has 0 fully saturated rings. The van der Waals surface area contributed by atoms with Gasteiger partial charge in [-0.1, -0.05) is 94.1 Å². The van der Waals surface area contributed by atoms with Crippen LogP contribution >= 0.6 is 0 Å². The maximum Gasteiger partial charge on any atom is 0.0463 e. The van der Waals surface area contributed by atoms with Gasteiger partial charge in [0.05, 0.1) is 0 Å². The Kier molecular flexibility index (Phi) is 11.5. The molecule has 5 aromatic rings. The maximum atomic E-state index is 2.38. The van der Waals surface area contributed by atoms with Crippen molar-refractivity contribution in [2.45, 2.75) is 85.5 Å². The highest BCUT2D eigenvalue weighted by molar-refractivity contribution is 5.81. The lowest BCUT2D eigenvalue weighted by Crippen LogP contribution is -2.12. The van der Waals surface area contributed by atoms with Crippen LogP contribution in [0.1, 0.15) is 81.5 Å². The first-order valence-electron chi connectivity index (χ1n) is 17.1. The first-order valence-corrected chi connectivity index (χ1v) is 17.1. The molecule has 0 amide bonds. The number of benzene rings is 5. The van der Waals surface area contributed by atoms with Crippen LogP contribution in [0.5, 0.6) is 0 Å². The Morgan fingerprint density at radius 2 is 0.556 bits per heavy atom. The fourth-order valence-corrected chi connectivity index (χ4v) is 5.92. The van der Waals surface area contributed by atoms with Crippen LogP contribution in [0.15, 0.2) is 121 Å². The van der Waals surface area contributed by atoms with E-state index in [1.54, 1.807) is 0 Å². The Hall–Kier alpha value is -4.30. The number of aryl methyl sites for hydroxylation is 4. The second-order valence-electron chi connectivity index (χ2n) is 12.3. The standard InChI is InChI=1S/C43H50N2/c1-5-8-11-35-16-24-39(25-17-35)44(38-22-14-34(4)15-23-38)42-30-32-43(33-31-42)45(40-26-18-36(19-27-40)12-9-6-2)41-28-20-37(21-29-41)13-10-7-3/h14-33H,5-13H2,1-4H3. The molecule has 0 aliphatic heterocycles. The highest BCUT2D eigenvalue weighted by Gasteiger charge is 2.16. The van der Waals surface area contributed by atoms with Gasteiger partial charge in [-0.05, 0) is 135 Å². The van der Waals surface area contributed by atoms with Gasteiger partial charge in [-0.2, -0.15) is 0 Å². The van der Waals surface area contributed by atoms with E-state index in [0.29, 0.717) is 0 Å². The lowest BCUT2D eigenvalue weighted by Gasteiger charge is -2.28. The van der Waals surface area contributed by atoms with Crippen molar-refractivity contribution in [1.82, 2.24) is 0 Å². The Morgan fingerprint density at radius 3 is 0.800 bits per heavy atom. The molecule has 0 saturated heterocycles. The second kappa shape index (κ2) is 16.1. The van der Waals surface area contributed by atoms with Crippen molar-refractivity contribution in [3.63, 3.8) is 0 Å². The molecule has 0 atom stereocenters. The Bertz CT molecular complexity index is 1510. The summed E-state index contributed by atoms with van der Waals surface area (Å²) in [6.45, 7) is 8.91. The molecule has 0 saturated carbocycles. The quantitative estimate of drug-likeness (QED) is 0.119. The summed E-state index contributed by atoms with van der Waals surface area (Å²) in [7, 11) is 0. The molecule has 0 aliphatic rings. The number of hydrogen-bond donors (Lipinski definition) is 0. The van der Waals surface area contributed by atoms with Crippen LogP contribution in [0, 0.1) is 6.92 Å². The summed E-state index contributed by atoms with van der Waals surface area (Å²) >= 11 is 0. The Morgan fingerprint density at radius 1 is 0.333 bits per heavy atom. The predicted molar refractivity (Wildman–Crippen MR) is 196 cm³/mol. The maximum absolute atomic E-state index is 2.38. The van der Waals surface area contributed by atoms with E-state index in [-0.39, 0.29) is 0 Å². The van der Waals surface area contributed by atoms with E-state index >= 15 is 0 Å². The number of rotatable bonds is 15. The van der Waals surface area contributed by atoms with Gasteiger partial charge in [-0.3, -0.25) is 0 Å². The summed E-state index contributed by atoms with van der Waals surface area (Å²) < 4.78 is 0. The fraction of sp³-hybridized carbons (Fsp3) is 0.302. The van der Waals surface area contributed by atoms with Crippen LogP contribution in [0.2, 0.25) is 0 Å². The third-order valence-corrected chi connectivity index (χ3v) is 8.70. The van der Waals surface area contributed by atoms with Gasteiger partial charge >= 0.3 is 0 Å². The average molecular weight is 595 g/mol. The normalized spacial score (nSPS) is 11.0. The van der Waals surface area contributed by atoms with E-state index in [1.807, 2.05) is 0 Å². The van der Waals surface area contributed by atoms with Gasteiger partial charge in [-0.25, -0.2) is 0 Å². The summed E-state index contributed by atoms with van der Waals surface area (Å²) in [5.41, 5.74) is 12.5. The molecular formula is C43H50N2. The van der Waals surface area contributed by atoms with Crippen molar-refractivity contribution < 1.29 is 0 Å². The lowest BCUT2D eigenvalue weighted by molar-refractivity contribution is 0.795. The first kappa shape index (κ1) is 32.1. The molecule has 0 radical (unpaired) electrons. The highest BCUT2D eigenvalue weighted by Crippen LogP contribution is 2.39. The van der Waals surface area contributed by atoms with Gasteiger partial charge in [-0.15, -0.1) is 0 Å². The van der Waals surface area contributed by atoms with Gasteiger partial charge in [0.1, 0.15) is 0 Å². The molecule has 2 nitrogen and oxygen atoms in total. The molecule has 5 aromatic carbocycles. The van der Waals surface area contributed by atoms with Gasteiger partial charge in [0.25, 0.3) is 0 Å². The zero-order valence-electron chi connectivity index (χ0n) is 27.8. The van der Waals surface area contributed by atoms with Crippen molar-refractivity contribution in [3.8, 4) is 0 Å². The van der Waals surface area contributed by atoms with Crippen LogP contribution in [0.3, 0.4) is 0 Å².